The maximum absolute atomic E-state index is 14.0. The molecule has 1 aromatic heterocycles. The van der Waals surface area contributed by atoms with Gasteiger partial charge in [0, 0.05) is 21.7 Å². The first-order chi connectivity index (χ1) is 26.2. The van der Waals surface area contributed by atoms with Gasteiger partial charge in [0.25, 0.3) is 0 Å². The molecule has 10 aromatic rings. The van der Waals surface area contributed by atoms with E-state index in [1.807, 2.05) is 12.1 Å². The van der Waals surface area contributed by atoms with Crippen LogP contribution in [0.15, 0.2) is 194 Å². The Labute approximate surface area is 307 Å². The number of hydrogen-bond donors (Lipinski definition) is 0. The van der Waals surface area contributed by atoms with Crippen molar-refractivity contribution in [2.75, 3.05) is 0 Å². The molecule has 0 spiro atoms. The normalized spacial score (nSPS) is 11.5. The molecule has 0 aliphatic heterocycles. The van der Waals surface area contributed by atoms with Crippen molar-refractivity contribution in [1.29, 1.82) is 0 Å². The summed E-state index contributed by atoms with van der Waals surface area (Å²) in [6, 6.07) is 67.5. The van der Waals surface area contributed by atoms with Crippen LogP contribution in [-0.4, -0.2) is 4.98 Å². The fraction of sp³-hybridized carbons (Fsp3) is 0. The summed E-state index contributed by atoms with van der Waals surface area (Å²) in [4.78, 5) is 5.23. The molecule has 53 heavy (non-hydrogen) atoms. The van der Waals surface area contributed by atoms with Crippen LogP contribution < -0.4 is 0 Å². The Kier molecular flexibility index (Phi) is 7.40. The fourth-order valence-corrected chi connectivity index (χ4v) is 7.90. The van der Waals surface area contributed by atoms with Crippen LogP contribution in [0.5, 0.6) is 0 Å². The first-order valence-electron chi connectivity index (χ1n) is 18.0. The summed E-state index contributed by atoms with van der Waals surface area (Å²) in [6.07, 6.45) is 0. The van der Waals surface area contributed by atoms with Crippen molar-refractivity contribution in [3.05, 3.63) is 200 Å². The van der Waals surface area contributed by atoms with Crippen molar-refractivity contribution in [1.82, 2.24) is 4.98 Å². The Morgan fingerprint density at radius 2 is 0.811 bits per heavy atom. The molecule has 9 aromatic carbocycles. The second kappa shape index (κ2) is 12.7. The van der Waals surface area contributed by atoms with Crippen molar-refractivity contribution in [2.45, 2.75) is 0 Å². The molecule has 0 bridgehead atoms. The summed E-state index contributed by atoms with van der Waals surface area (Å²) < 4.78 is 14.0. The highest BCUT2D eigenvalue weighted by Crippen LogP contribution is 2.40. The van der Waals surface area contributed by atoms with Gasteiger partial charge in [0.1, 0.15) is 5.82 Å². The minimum absolute atomic E-state index is 0.257. The number of benzene rings is 9. The number of aromatic nitrogens is 1. The van der Waals surface area contributed by atoms with E-state index < -0.39 is 0 Å². The Bertz CT molecular complexity index is 2960. The van der Waals surface area contributed by atoms with Gasteiger partial charge in [-0.25, -0.2) is 9.37 Å². The van der Waals surface area contributed by atoms with Crippen molar-refractivity contribution < 1.29 is 4.39 Å². The highest BCUT2D eigenvalue weighted by molar-refractivity contribution is 6.22. The molecule has 0 radical (unpaired) electrons. The number of nitrogens with zero attached hydrogens (tertiary/aromatic N) is 1. The predicted octanol–water partition coefficient (Wildman–Crippen LogP) is 14.2. The third-order valence-electron chi connectivity index (χ3n) is 10.6. The standard InChI is InChI=1S/C51H32FN/c52-41-26-22-39(23-27-41)51-48-29-24-36-10-4-5-11-44(36)50(48)47-28-25-40(32-49(47)53-51)35-16-20-38(21-17-35)43-31-30-42(45-12-6-7-13-46(43)45)37-18-14-34(15-19-37)33-8-2-1-3-9-33/h1-32H. The smallest absolute Gasteiger partial charge is 0.123 e. The molecular weight excluding hydrogens is 646 g/mol. The molecule has 0 saturated heterocycles. The third kappa shape index (κ3) is 5.44. The average Bonchev–Trinajstić information content (AvgIpc) is 3.23. The topological polar surface area (TPSA) is 12.9 Å². The predicted molar refractivity (Wildman–Crippen MR) is 221 cm³/mol. The second-order valence-electron chi connectivity index (χ2n) is 13.6. The zero-order valence-corrected chi connectivity index (χ0v) is 28.8. The monoisotopic (exact) mass is 677 g/mol. The Morgan fingerprint density at radius 1 is 0.321 bits per heavy atom. The molecule has 0 fully saturated rings. The van der Waals surface area contributed by atoms with Gasteiger partial charge in [-0.1, -0.05) is 164 Å². The Hall–Kier alpha value is -6.90. The van der Waals surface area contributed by atoms with Gasteiger partial charge in [-0.3, -0.25) is 0 Å². The van der Waals surface area contributed by atoms with Crippen LogP contribution in [0.3, 0.4) is 0 Å². The van der Waals surface area contributed by atoms with Crippen molar-refractivity contribution in [3.63, 3.8) is 0 Å². The van der Waals surface area contributed by atoms with Crippen molar-refractivity contribution in [2.24, 2.45) is 0 Å². The van der Waals surface area contributed by atoms with Crippen LogP contribution in [-0.2, 0) is 0 Å². The van der Waals surface area contributed by atoms with Crippen LogP contribution in [0.1, 0.15) is 0 Å². The SMILES string of the molecule is Fc1ccc(-c2nc3cc(-c4ccc(-c5ccc(-c6ccc(-c7ccccc7)cc6)c6ccccc56)cc4)ccc3c3c2ccc2ccccc23)cc1. The molecule has 0 N–H and O–H groups in total. The molecule has 0 unspecified atom stereocenters. The van der Waals surface area contributed by atoms with Gasteiger partial charge in [0.2, 0.25) is 0 Å². The van der Waals surface area contributed by atoms with Gasteiger partial charge in [-0.05, 0) is 96.4 Å². The average molecular weight is 678 g/mol. The van der Waals surface area contributed by atoms with E-state index in [-0.39, 0.29) is 5.82 Å². The zero-order chi connectivity index (χ0) is 35.3. The maximum atomic E-state index is 14.0. The number of halogens is 1. The molecule has 0 atom stereocenters. The summed E-state index contributed by atoms with van der Waals surface area (Å²) in [5.74, 6) is -0.257. The second-order valence-corrected chi connectivity index (χ2v) is 13.6. The molecule has 1 heterocycles. The highest BCUT2D eigenvalue weighted by atomic mass is 19.1. The third-order valence-corrected chi connectivity index (χ3v) is 10.6. The summed E-state index contributed by atoms with van der Waals surface area (Å²) in [7, 11) is 0. The molecule has 248 valence electrons. The molecule has 0 amide bonds. The lowest BCUT2D eigenvalue weighted by atomic mass is 9.90. The number of rotatable bonds is 5. The van der Waals surface area contributed by atoms with E-state index >= 15 is 0 Å². The lowest BCUT2D eigenvalue weighted by molar-refractivity contribution is 0.628. The molecule has 0 saturated carbocycles. The van der Waals surface area contributed by atoms with E-state index in [1.165, 1.54) is 67.1 Å². The molecule has 0 aliphatic carbocycles. The van der Waals surface area contributed by atoms with E-state index in [2.05, 4.69) is 170 Å². The largest absolute Gasteiger partial charge is 0.247 e. The number of fused-ring (bicyclic) bond motifs is 6. The lowest BCUT2D eigenvalue weighted by Crippen LogP contribution is -1.92. The first kappa shape index (κ1) is 30.9. The quantitative estimate of drug-likeness (QED) is 0.165. The van der Waals surface area contributed by atoms with Crippen molar-refractivity contribution >= 4 is 43.2 Å². The van der Waals surface area contributed by atoms with Gasteiger partial charge in [-0.2, -0.15) is 0 Å². The highest BCUT2D eigenvalue weighted by Gasteiger charge is 2.15. The summed E-state index contributed by atoms with van der Waals surface area (Å²) in [6.45, 7) is 0. The van der Waals surface area contributed by atoms with Crippen LogP contribution in [0.25, 0.3) is 99.0 Å². The van der Waals surface area contributed by atoms with E-state index in [4.69, 9.17) is 4.98 Å². The van der Waals surface area contributed by atoms with Gasteiger partial charge < -0.3 is 0 Å². The molecule has 0 aliphatic rings. The van der Waals surface area contributed by atoms with E-state index in [9.17, 15) is 4.39 Å². The Morgan fingerprint density at radius 3 is 1.47 bits per heavy atom. The molecule has 10 rings (SSSR count). The molecule has 1 nitrogen and oxygen atoms in total. The molecular formula is C51H32FN. The zero-order valence-electron chi connectivity index (χ0n) is 28.8. The summed E-state index contributed by atoms with van der Waals surface area (Å²) in [5.41, 5.74) is 12.1. The van der Waals surface area contributed by atoms with E-state index in [0.717, 1.165) is 44.1 Å². The van der Waals surface area contributed by atoms with Gasteiger partial charge >= 0.3 is 0 Å². The van der Waals surface area contributed by atoms with Gasteiger partial charge in [0.05, 0.1) is 11.2 Å². The van der Waals surface area contributed by atoms with E-state index in [0.29, 0.717) is 0 Å². The van der Waals surface area contributed by atoms with Crippen LogP contribution in [0.2, 0.25) is 0 Å². The minimum atomic E-state index is -0.257. The fourth-order valence-electron chi connectivity index (χ4n) is 7.90. The van der Waals surface area contributed by atoms with Crippen LogP contribution >= 0.6 is 0 Å². The minimum Gasteiger partial charge on any atom is -0.247 e. The van der Waals surface area contributed by atoms with Gasteiger partial charge in [-0.15, -0.1) is 0 Å². The number of pyridine rings is 1. The maximum Gasteiger partial charge on any atom is 0.123 e. The first-order valence-corrected chi connectivity index (χ1v) is 18.0. The molecule has 2 heteroatoms. The summed E-state index contributed by atoms with van der Waals surface area (Å²) >= 11 is 0. The van der Waals surface area contributed by atoms with E-state index in [1.54, 1.807) is 0 Å². The van der Waals surface area contributed by atoms with Crippen molar-refractivity contribution in [3.8, 4) is 55.8 Å². The lowest BCUT2D eigenvalue weighted by Gasteiger charge is -2.14. The Balaban J connectivity index is 1.04. The summed E-state index contributed by atoms with van der Waals surface area (Å²) in [5, 5.41) is 8.15. The van der Waals surface area contributed by atoms with Crippen LogP contribution in [0.4, 0.5) is 4.39 Å². The van der Waals surface area contributed by atoms with Crippen LogP contribution in [0, 0.1) is 5.82 Å². The number of hydrogen-bond acceptors (Lipinski definition) is 1. The van der Waals surface area contributed by atoms with Gasteiger partial charge in [0.15, 0.2) is 0 Å².